The van der Waals surface area contributed by atoms with Crippen molar-refractivity contribution < 1.29 is 9.53 Å². The third kappa shape index (κ3) is 5.51. The zero-order valence-corrected chi connectivity index (χ0v) is 15.1. The van der Waals surface area contributed by atoms with Gasteiger partial charge in [0.1, 0.15) is 5.75 Å². The smallest absolute Gasteiger partial charge is 0.257 e. The summed E-state index contributed by atoms with van der Waals surface area (Å²) in [5.41, 5.74) is 1.14. The van der Waals surface area contributed by atoms with Crippen LogP contribution in [0.15, 0.2) is 48.5 Å². The highest BCUT2D eigenvalue weighted by Gasteiger charge is 2.10. The number of hydrogen-bond donors (Lipinski definition) is 2. The van der Waals surface area contributed by atoms with Crippen LogP contribution < -0.4 is 15.4 Å². The van der Waals surface area contributed by atoms with Crippen LogP contribution in [0.25, 0.3) is 0 Å². The molecule has 1 amide bonds. The molecular formula is C18H19ClN2O2S. The van der Waals surface area contributed by atoms with Crippen molar-refractivity contribution in [2.45, 2.75) is 13.8 Å². The Kier molecular flexibility index (Phi) is 6.58. The highest BCUT2D eigenvalue weighted by molar-refractivity contribution is 7.80. The van der Waals surface area contributed by atoms with Gasteiger partial charge in [-0.3, -0.25) is 10.1 Å². The van der Waals surface area contributed by atoms with Gasteiger partial charge in [-0.15, -0.1) is 0 Å². The molecule has 2 aromatic rings. The number of nitrogens with one attached hydrogen (secondary N) is 2. The fraction of sp³-hybridized carbons (Fsp3) is 0.222. The maximum Gasteiger partial charge on any atom is 0.257 e. The number of benzene rings is 2. The summed E-state index contributed by atoms with van der Waals surface area (Å²) in [5, 5.41) is 6.31. The first kappa shape index (κ1) is 18.2. The minimum Gasteiger partial charge on any atom is -0.491 e. The maximum atomic E-state index is 12.2. The van der Waals surface area contributed by atoms with Gasteiger partial charge in [0.2, 0.25) is 0 Å². The number of carbonyl (C=O) groups excluding carboxylic acids is 1. The van der Waals surface area contributed by atoms with Crippen LogP contribution in [0.2, 0.25) is 5.02 Å². The van der Waals surface area contributed by atoms with Gasteiger partial charge >= 0.3 is 0 Å². The number of carbonyl (C=O) groups is 1. The van der Waals surface area contributed by atoms with Crippen LogP contribution >= 0.6 is 23.8 Å². The molecule has 0 aliphatic heterocycles. The lowest BCUT2D eigenvalue weighted by atomic mass is 10.2. The summed E-state index contributed by atoms with van der Waals surface area (Å²) in [5.74, 6) is 0.772. The van der Waals surface area contributed by atoms with Crippen molar-refractivity contribution >= 4 is 40.5 Å². The zero-order chi connectivity index (χ0) is 17.5. The second-order valence-electron chi connectivity index (χ2n) is 5.62. The van der Waals surface area contributed by atoms with Crippen LogP contribution in [-0.2, 0) is 0 Å². The van der Waals surface area contributed by atoms with Gasteiger partial charge in [-0.1, -0.05) is 43.6 Å². The maximum absolute atomic E-state index is 12.2. The molecule has 2 rings (SSSR count). The van der Waals surface area contributed by atoms with Crippen LogP contribution in [0, 0.1) is 5.92 Å². The van der Waals surface area contributed by atoms with Crippen LogP contribution in [0.4, 0.5) is 5.69 Å². The number of halogens is 1. The molecule has 0 saturated heterocycles. The summed E-state index contributed by atoms with van der Waals surface area (Å²) in [6, 6.07) is 14.1. The molecule has 0 heterocycles. The second-order valence-corrected chi connectivity index (χ2v) is 6.46. The Morgan fingerprint density at radius 3 is 2.67 bits per heavy atom. The van der Waals surface area contributed by atoms with E-state index in [1.54, 1.807) is 24.3 Å². The Balaban J connectivity index is 2.01. The molecule has 4 nitrogen and oxygen atoms in total. The highest BCUT2D eigenvalue weighted by Crippen LogP contribution is 2.24. The zero-order valence-electron chi connectivity index (χ0n) is 13.5. The molecule has 0 spiro atoms. The predicted molar refractivity (Wildman–Crippen MR) is 102 cm³/mol. The van der Waals surface area contributed by atoms with Crippen LogP contribution in [0.5, 0.6) is 5.75 Å². The number of rotatable bonds is 5. The van der Waals surface area contributed by atoms with E-state index < -0.39 is 0 Å². The largest absolute Gasteiger partial charge is 0.491 e. The minimum absolute atomic E-state index is 0.195. The van der Waals surface area contributed by atoms with E-state index in [1.807, 2.05) is 24.3 Å². The summed E-state index contributed by atoms with van der Waals surface area (Å²) in [6.45, 7) is 4.75. The lowest BCUT2D eigenvalue weighted by Gasteiger charge is -2.15. The Morgan fingerprint density at radius 1 is 1.21 bits per heavy atom. The van der Waals surface area contributed by atoms with Crippen LogP contribution in [-0.4, -0.2) is 17.6 Å². The summed E-state index contributed by atoms with van der Waals surface area (Å²) < 4.78 is 5.75. The third-order valence-corrected chi connectivity index (χ3v) is 3.46. The monoisotopic (exact) mass is 362 g/mol. The van der Waals surface area contributed by atoms with E-state index in [-0.39, 0.29) is 11.0 Å². The summed E-state index contributed by atoms with van der Waals surface area (Å²) in [6.07, 6.45) is 0. The van der Waals surface area contributed by atoms with E-state index in [0.717, 1.165) is 0 Å². The number of hydrogen-bond acceptors (Lipinski definition) is 3. The third-order valence-electron chi connectivity index (χ3n) is 3.02. The molecule has 0 bridgehead atoms. The Bertz CT molecular complexity index is 734. The van der Waals surface area contributed by atoms with E-state index in [2.05, 4.69) is 24.5 Å². The van der Waals surface area contributed by atoms with Crippen molar-refractivity contribution in [2.75, 3.05) is 11.9 Å². The molecule has 0 aliphatic carbocycles. The molecule has 24 heavy (non-hydrogen) atoms. The Labute approximate surface area is 152 Å². The standard InChI is InChI=1S/C18H19ClN2O2S/c1-12(2)11-23-16-9-4-3-8-15(16)20-18(24)21-17(22)13-6-5-7-14(19)10-13/h3-10,12H,11H2,1-2H3,(H2,20,21,22,24). The Morgan fingerprint density at radius 2 is 1.96 bits per heavy atom. The first-order valence-electron chi connectivity index (χ1n) is 7.55. The van der Waals surface area contributed by atoms with Gasteiger partial charge in [-0.25, -0.2) is 0 Å². The van der Waals surface area contributed by atoms with Gasteiger partial charge in [0.05, 0.1) is 12.3 Å². The van der Waals surface area contributed by atoms with Gasteiger partial charge in [0.25, 0.3) is 5.91 Å². The molecule has 0 fully saturated rings. The molecule has 0 atom stereocenters. The van der Waals surface area contributed by atoms with E-state index in [1.165, 1.54) is 0 Å². The van der Waals surface area contributed by atoms with Crippen molar-refractivity contribution in [2.24, 2.45) is 5.92 Å². The molecule has 2 N–H and O–H groups in total. The molecule has 2 aromatic carbocycles. The first-order valence-corrected chi connectivity index (χ1v) is 8.34. The van der Waals surface area contributed by atoms with Gasteiger partial charge < -0.3 is 10.1 Å². The fourth-order valence-corrected chi connectivity index (χ4v) is 2.30. The molecule has 0 saturated carbocycles. The van der Waals surface area contributed by atoms with Crippen molar-refractivity contribution in [3.05, 3.63) is 59.1 Å². The van der Waals surface area contributed by atoms with Crippen molar-refractivity contribution in [1.82, 2.24) is 5.32 Å². The normalized spacial score (nSPS) is 10.3. The molecule has 6 heteroatoms. The van der Waals surface area contributed by atoms with E-state index >= 15 is 0 Å². The molecule has 0 radical (unpaired) electrons. The molecular weight excluding hydrogens is 344 g/mol. The van der Waals surface area contributed by atoms with E-state index in [0.29, 0.717) is 34.5 Å². The summed E-state index contributed by atoms with van der Waals surface area (Å²) in [7, 11) is 0. The molecule has 0 aliphatic rings. The van der Waals surface area contributed by atoms with E-state index in [4.69, 9.17) is 28.6 Å². The average molecular weight is 363 g/mol. The number of anilines is 1. The van der Waals surface area contributed by atoms with Crippen LogP contribution in [0.1, 0.15) is 24.2 Å². The topological polar surface area (TPSA) is 50.4 Å². The summed E-state index contributed by atoms with van der Waals surface area (Å²) >= 11 is 11.1. The van der Waals surface area contributed by atoms with Gasteiger partial charge in [0.15, 0.2) is 5.11 Å². The van der Waals surface area contributed by atoms with Gasteiger partial charge in [-0.2, -0.15) is 0 Å². The molecule has 126 valence electrons. The lowest BCUT2D eigenvalue weighted by Crippen LogP contribution is -2.34. The quantitative estimate of drug-likeness (QED) is 0.769. The molecule has 0 aromatic heterocycles. The number of ether oxygens (including phenoxy) is 1. The minimum atomic E-state index is -0.324. The molecule has 0 unspecified atom stereocenters. The fourth-order valence-electron chi connectivity index (χ4n) is 1.91. The predicted octanol–water partition coefficient (Wildman–Crippen LogP) is 4.50. The van der Waals surface area contributed by atoms with Crippen molar-refractivity contribution in [1.29, 1.82) is 0 Å². The lowest BCUT2D eigenvalue weighted by molar-refractivity contribution is 0.0977. The number of amides is 1. The second kappa shape index (κ2) is 8.66. The van der Waals surface area contributed by atoms with Crippen molar-refractivity contribution in [3.63, 3.8) is 0 Å². The van der Waals surface area contributed by atoms with Crippen molar-refractivity contribution in [3.8, 4) is 5.75 Å². The van der Waals surface area contributed by atoms with Crippen LogP contribution in [0.3, 0.4) is 0 Å². The first-order chi connectivity index (χ1) is 11.5. The number of para-hydroxylation sites is 2. The average Bonchev–Trinajstić information content (AvgIpc) is 2.53. The van der Waals surface area contributed by atoms with E-state index in [9.17, 15) is 4.79 Å². The Hall–Kier alpha value is -2.11. The highest BCUT2D eigenvalue weighted by atomic mass is 35.5. The summed E-state index contributed by atoms with van der Waals surface area (Å²) in [4.78, 5) is 12.2. The number of thiocarbonyl (C=S) groups is 1. The van der Waals surface area contributed by atoms with Gasteiger partial charge in [-0.05, 0) is 48.5 Å². The SMILES string of the molecule is CC(C)COc1ccccc1NC(=S)NC(=O)c1cccc(Cl)c1. The van der Waals surface area contributed by atoms with Gasteiger partial charge in [0, 0.05) is 10.6 Å².